The van der Waals surface area contributed by atoms with E-state index in [1.807, 2.05) is 25.1 Å². The average Bonchev–Trinajstić information content (AvgIpc) is 2.37. The van der Waals surface area contributed by atoms with E-state index in [0.29, 0.717) is 16.3 Å². The molecule has 0 amide bonds. The molecule has 0 aromatic heterocycles. The van der Waals surface area contributed by atoms with Gasteiger partial charge < -0.3 is 4.74 Å². The van der Waals surface area contributed by atoms with E-state index in [1.165, 1.54) is 13.2 Å². The van der Waals surface area contributed by atoms with Crippen molar-refractivity contribution in [1.82, 2.24) is 0 Å². The largest absolute Gasteiger partial charge is 0.497 e. The number of ether oxygens (including phenoxy) is 1. The first-order valence-corrected chi connectivity index (χ1v) is 7.06. The van der Waals surface area contributed by atoms with E-state index in [2.05, 4.69) is 15.9 Å². The Bertz CT molecular complexity index is 601. The van der Waals surface area contributed by atoms with Crippen LogP contribution >= 0.6 is 27.5 Å². The molecule has 19 heavy (non-hydrogen) atoms. The summed E-state index contributed by atoms with van der Waals surface area (Å²) in [4.78, 5) is -0.286. The van der Waals surface area contributed by atoms with Gasteiger partial charge in [-0.25, -0.2) is 4.39 Å². The van der Waals surface area contributed by atoms with Gasteiger partial charge in [0, 0.05) is 16.7 Å². The number of hydrogen-bond donors (Lipinski definition) is 0. The van der Waals surface area contributed by atoms with E-state index >= 15 is 0 Å². The predicted molar refractivity (Wildman–Crippen MR) is 79.9 cm³/mol. The molecule has 0 saturated heterocycles. The number of halogens is 3. The SMILES string of the molecule is COc1ccc(C(Br)c2ccc(C)cc2Cl)c(F)c1. The van der Waals surface area contributed by atoms with Crippen molar-refractivity contribution in [3.05, 3.63) is 63.9 Å². The first-order valence-electron chi connectivity index (χ1n) is 5.76. The quantitative estimate of drug-likeness (QED) is 0.689. The fraction of sp³-hybridized carbons (Fsp3) is 0.200. The van der Waals surface area contributed by atoms with Gasteiger partial charge in [-0.05, 0) is 30.2 Å². The van der Waals surface area contributed by atoms with E-state index in [1.54, 1.807) is 12.1 Å². The van der Waals surface area contributed by atoms with Gasteiger partial charge in [-0.1, -0.05) is 45.7 Å². The molecule has 2 rings (SSSR count). The van der Waals surface area contributed by atoms with Crippen LogP contribution in [0.4, 0.5) is 4.39 Å². The van der Waals surface area contributed by atoms with Crippen molar-refractivity contribution in [2.24, 2.45) is 0 Å². The Morgan fingerprint density at radius 3 is 2.42 bits per heavy atom. The normalized spacial score (nSPS) is 12.3. The Labute approximate surface area is 125 Å². The lowest BCUT2D eigenvalue weighted by Crippen LogP contribution is -1.98. The molecule has 1 atom stereocenters. The minimum absolute atomic E-state index is 0.286. The van der Waals surface area contributed by atoms with Crippen molar-refractivity contribution < 1.29 is 9.13 Å². The van der Waals surface area contributed by atoms with Crippen LogP contribution in [0.25, 0.3) is 0 Å². The maximum Gasteiger partial charge on any atom is 0.131 e. The summed E-state index contributed by atoms with van der Waals surface area (Å²) in [5.74, 6) is 0.175. The molecule has 0 radical (unpaired) electrons. The van der Waals surface area contributed by atoms with Gasteiger partial charge in [-0.3, -0.25) is 0 Å². The highest BCUT2D eigenvalue weighted by atomic mass is 79.9. The van der Waals surface area contributed by atoms with Crippen LogP contribution in [0.5, 0.6) is 5.75 Å². The highest BCUT2D eigenvalue weighted by molar-refractivity contribution is 9.09. The second-order valence-electron chi connectivity index (χ2n) is 4.27. The topological polar surface area (TPSA) is 9.23 Å². The van der Waals surface area contributed by atoms with Gasteiger partial charge in [-0.2, -0.15) is 0 Å². The zero-order chi connectivity index (χ0) is 14.0. The van der Waals surface area contributed by atoms with Crippen LogP contribution < -0.4 is 4.74 Å². The molecule has 0 spiro atoms. The van der Waals surface area contributed by atoms with Crippen LogP contribution in [0.3, 0.4) is 0 Å². The highest BCUT2D eigenvalue weighted by Gasteiger charge is 2.18. The third kappa shape index (κ3) is 3.10. The number of methoxy groups -OCH3 is 1. The molecule has 1 unspecified atom stereocenters. The van der Waals surface area contributed by atoms with Crippen LogP contribution in [0.2, 0.25) is 5.02 Å². The van der Waals surface area contributed by atoms with Crippen LogP contribution in [0.15, 0.2) is 36.4 Å². The van der Waals surface area contributed by atoms with Gasteiger partial charge in [0.2, 0.25) is 0 Å². The summed E-state index contributed by atoms with van der Waals surface area (Å²) < 4.78 is 19.0. The van der Waals surface area contributed by atoms with Gasteiger partial charge in [-0.15, -0.1) is 0 Å². The lowest BCUT2D eigenvalue weighted by molar-refractivity contribution is 0.411. The van der Waals surface area contributed by atoms with E-state index in [9.17, 15) is 4.39 Å². The molecule has 0 bridgehead atoms. The first-order chi connectivity index (χ1) is 9.02. The van der Waals surface area contributed by atoms with Gasteiger partial charge in [0.25, 0.3) is 0 Å². The molecule has 1 nitrogen and oxygen atoms in total. The van der Waals surface area contributed by atoms with Crippen molar-refractivity contribution in [3.63, 3.8) is 0 Å². The average molecular weight is 344 g/mol. The molecule has 0 aliphatic heterocycles. The summed E-state index contributed by atoms with van der Waals surface area (Å²) in [7, 11) is 1.51. The summed E-state index contributed by atoms with van der Waals surface area (Å²) in [6.45, 7) is 1.97. The highest BCUT2D eigenvalue weighted by Crippen LogP contribution is 2.37. The summed E-state index contributed by atoms with van der Waals surface area (Å²) in [6.07, 6.45) is 0. The molecule has 2 aromatic carbocycles. The lowest BCUT2D eigenvalue weighted by Gasteiger charge is -2.14. The fourth-order valence-electron chi connectivity index (χ4n) is 1.85. The van der Waals surface area contributed by atoms with E-state index < -0.39 is 0 Å². The van der Waals surface area contributed by atoms with Crippen LogP contribution in [0, 0.1) is 12.7 Å². The molecule has 100 valence electrons. The number of hydrogen-bond acceptors (Lipinski definition) is 1. The van der Waals surface area contributed by atoms with Crippen molar-refractivity contribution in [1.29, 1.82) is 0 Å². The van der Waals surface area contributed by atoms with E-state index in [-0.39, 0.29) is 10.6 Å². The van der Waals surface area contributed by atoms with Crippen molar-refractivity contribution in [2.75, 3.05) is 7.11 Å². The third-order valence-corrected chi connectivity index (χ3v) is 4.22. The summed E-state index contributed by atoms with van der Waals surface area (Å²) in [5.41, 5.74) is 2.45. The summed E-state index contributed by atoms with van der Waals surface area (Å²) >= 11 is 9.71. The molecule has 0 fully saturated rings. The minimum atomic E-state index is -0.321. The van der Waals surface area contributed by atoms with Crippen LogP contribution in [-0.4, -0.2) is 7.11 Å². The maximum atomic E-state index is 14.0. The zero-order valence-corrected chi connectivity index (χ0v) is 12.9. The molecule has 0 aliphatic rings. The Balaban J connectivity index is 2.41. The number of aryl methyl sites for hydroxylation is 1. The monoisotopic (exact) mass is 342 g/mol. The summed E-state index contributed by atoms with van der Waals surface area (Å²) in [5, 5.41) is 0.622. The smallest absolute Gasteiger partial charge is 0.131 e. The lowest BCUT2D eigenvalue weighted by atomic mass is 10.0. The Hall–Kier alpha value is -1.06. The molecule has 0 aliphatic carbocycles. The second kappa shape index (κ2) is 5.93. The minimum Gasteiger partial charge on any atom is -0.497 e. The molecule has 4 heteroatoms. The van der Waals surface area contributed by atoms with Crippen molar-refractivity contribution in [3.8, 4) is 5.75 Å². The molecule has 2 aromatic rings. The fourth-order valence-corrected chi connectivity index (χ4v) is 3.09. The van der Waals surface area contributed by atoms with Crippen molar-refractivity contribution in [2.45, 2.75) is 11.8 Å². The van der Waals surface area contributed by atoms with Gasteiger partial charge in [0.1, 0.15) is 11.6 Å². The first kappa shape index (κ1) is 14.4. The standard InChI is InChI=1S/C15H13BrClFO/c1-9-3-5-11(13(17)7-9)15(16)12-6-4-10(19-2)8-14(12)18/h3-8,15H,1-2H3. The van der Waals surface area contributed by atoms with Crippen LogP contribution in [-0.2, 0) is 0 Å². The van der Waals surface area contributed by atoms with Gasteiger partial charge in [0.05, 0.1) is 11.9 Å². The Kier molecular flexibility index (Phi) is 4.48. The van der Waals surface area contributed by atoms with E-state index in [0.717, 1.165) is 11.1 Å². The summed E-state index contributed by atoms with van der Waals surface area (Å²) in [6, 6.07) is 10.5. The molecular formula is C15H13BrClFO. The maximum absolute atomic E-state index is 14.0. The van der Waals surface area contributed by atoms with E-state index in [4.69, 9.17) is 16.3 Å². The predicted octanol–water partition coefficient (Wildman–Crippen LogP) is 5.28. The number of alkyl halides is 1. The molecule has 0 saturated carbocycles. The van der Waals surface area contributed by atoms with Gasteiger partial charge >= 0.3 is 0 Å². The third-order valence-electron chi connectivity index (χ3n) is 2.91. The number of benzene rings is 2. The van der Waals surface area contributed by atoms with Crippen molar-refractivity contribution >= 4 is 27.5 Å². The zero-order valence-electron chi connectivity index (χ0n) is 10.6. The van der Waals surface area contributed by atoms with Gasteiger partial charge in [0.15, 0.2) is 0 Å². The molecule has 0 heterocycles. The molecular weight excluding hydrogens is 331 g/mol. The Morgan fingerprint density at radius 1 is 1.16 bits per heavy atom. The van der Waals surface area contributed by atoms with Crippen LogP contribution in [0.1, 0.15) is 21.5 Å². The second-order valence-corrected chi connectivity index (χ2v) is 5.60. The Morgan fingerprint density at radius 2 is 1.84 bits per heavy atom. The molecule has 0 N–H and O–H groups in total. The number of rotatable bonds is 3.